The average molecular weight is 455 g/mol. The van der Waals surface area contributed by atoms with Gasteiger partial charge in [-0.25, -0.2) is 0 Å². The Morgan fingerprint density at radius 1 is 0.971 bits per heavy atom. The number of ketones is 1. The van der Waals surface area contributed by atoms with Crippen LogP contribution in [0.2, 0.25) is 0 Å². The number of Topliss-reactive ketones (excluding diaryl/α,β-unsaturated/α-hetero) is 1. The highest BCUT2D eigenvalue weighted by molar-refractivity contribution is 6.03. The quantitative estimate of drug-likeness (QED) is 0.187. The number of hydrogen-bond donors (Lipinski definition) is 0. The highest BCUT2D eigenvalue weighted by atomic mass is 16.5. The Morgan fingerprint density at radius 3 is 2.59 bits per heavy atom. The monoisotopic (exact) mass is 454 g/mol. The number of ether oxygens (including phenoxy) is 1. The molecule has 1 aliphatic heterocycles. The summed E-state index contributed by atoms with van der Waals surface area (Å²) in [5.74, 6) is 0.984. The fraction of sp³-hybridized carbons (Fsp3) is 0.355. The van der Waals surface area contributed by atoms with E-state index in [0.717, 1.165) is 83.3 Å². The molecule has 176 valence electrons. The summed E-state index contributed by atoms with van der Waals surface area (Å²) >= 11 is 0. The van der Waals surface area contributed by atoms with E-state index in [1.165, 1.54) is 19.3 Å². The summed E-state index contributed by atoms with van der Waals surface area (Å²) in [6.45, 7) is 3.74. The molecule has 0 saturated carbocycles. The zero-order valence-electron chi connectivity index (χ0n) is 20.1. The van der Waals surface area contributed by atoms with Crippen molar-refractivity contribution >= 4 is 28.9 Å². The van der Waals surface area contributed by atoms with E-state index in [2.05, 4.69) is 12.1 Å². The van der Waals surface area contributed by atoms with E-state index in [4.69, 9.17) is 4.74 Å². The molecule has 1 aliphatic rings. The lowest BCUT2D eigenvalue weighted by molar-refractivity contribution is 0.0978. The SMILES string of the molecule is C/C=C/c1ccc2cc(-c3ccc(C(=O)CCCCC4CCCOCC4)cc3)ccc2c1C=O. The van der Waals surface area contributed by atoms with E-state index in [0.29, 0.717) is 6.42 Å². The van der Waals surface area contributed by atoms with Gasteiger partial charge in [0.25, 0.3) is 0 Å². The minimum Gasteiger partial charge on any atom is -0.381 e. The van der Waals surface area contributed by atoms with Gasteiger partial charge in [-0.15, -0.1) is 0 Å². The second kappa shape index (κ2) is 11.9. The number of allylic oxidation sites excluding steroid dienone is 1. The molecule has 3 nitrogen and oxygen atoms in total. The number of fused-ring (bicyclic) bond motifs is 1. The van der Waals surface area contributed by atoms with Gasteiger partial charge >= 0.3 is 0 Å². The molecule has 0 bridgehead atoms. The molecular formula is C31H34O3. The first-order chi connectivity index (χ1) is 16.7. The first-order valence-electron chi connectivity index (χ1n) is 12.6. The maximum atomic E-state index is 12.7. The number of aldehydes is 1. The minimum atomic E-state index is 0.224. The Kier molecular flexibility index (Phi) is 8.43. The summed E-state index contributed by atoms with van der Waals surface area (Å²) in [5, 5.41) is 1.99. The smallest absolute Gasteiger partial charge is 0.162 e. The Balaban J connectivity index is 1.38. The zero-order valence-corrected chi connectivity index (χ0v) is 20.1. The van der Waals surface area contributed by atoms with E-state index in [9.17, 15) is 9.59 Å². The number of carbonyl (C=O) groups excluding carboxylic acids is 2. The van der Waals surface area contributed by atoms with Crippen LogP contribution >= 0.6 is 0 Å². The molecule has 3 aromatic carbocycles. The maximum Gasteiger partial charge on any atom is 0.162 e. The highest BCUT2D eigenvalue weighted by Crippen LogP contribution is 2.29. The van der Waals surface area contributed by atoms with Crippen LogP contribution in [0.1, 0.15) is 78.1 Å². The van der Waals surface area contributed by atoms with E-state index in [1.54, 1.807) is 0 Å². The van der Waals surface area contributed by atoms with Crippen molar-refractivity contribution in [3.63, 3.8) is 0 Å². The molecule has 1 unspecified atom stereocenters. The van der Waals surface area contributed by atoms with Crippen molar-refractivity contribution in [2.45, 2.75) is 51.9 Å². The number of unbranched alkanes of at least 4 members (excludes halogenated alkanes) is 1. The molecule has 0 aromatic heterocycles. The molecule has 34 heavy (non-hydrogen) atoms. The Labute approximate surface area is 202 Å². The van der Waals surface area contributed by atoms with Gasteiger partial charge in [0, 0.05) is 30.8 Å². The van der Waals surface area contributed by atoms with Crippen LogP contribution in [0.5, 0.6) is 0 Å². The molecule has 0 aliphatic carbocycles. The summed E-state index contributed by atoms with van der Waals surface area (Å²) in [4.78, 5) is 24.4. The van der Waals surface area contributed by atoms with Crippen LogP contribution in [0.25, 0.3) is 28.0 Å². The lowest BCUT2D eigenvalue weighted by Crippen LogP contribution is -2.03. The van der Waals surface area contributed by atoms with Gasteiger partial charge in [0.05, 0.1) is 0 Å². The summed E-state index contributed by atoms with van der Waals surface area (Å²) in [6.07, 6.45) is 12.3. The van der Waals surface area contributed by atoms with Crippen molar-refractivity contribution in [2.24, 2.45) is 5.92 Å². The molecule has 1 heterocycles. The van der Waals surface area contributed by atoms with Crippen LogP contribution in [0.4, 0.5) is 0 Å². The fourth-order valence-electron chi connectivity index (χ4n) is 4.98. The number of hydrogen-bond acceptors (Lipinski definition) is 3. The van der Waals surface area contributed by atoms with Crippen molar-refractivity contribution in [1.82, 2.24) is 0 Å². The van der Waals surface area contributed by atoms with Crippen LogP contribution in [0.15, 0.2) is 60.7 Å². The van der Waals surface area contributed by atoms with Crippen LogP contribution in [-0.2, 0) is 4.74 Å². The third-order valence-corrected chi connectivity index (χ3v) is 6.94. The Bertz CT molecular complexity index is 1150. The van der Waals surface area contributed by atoms with Gasteiger partial charge in [0.2, 0.25) is 0 Å². The predicted molar refractivity (Wildman–Crippen MR) is 140 cm³/mol. The molecule has 3 aromatic rings. The van der Waals surface area contributed by atoms with Crippen LogP contribution < -0.4 is 0 Å². The fourth-order valence-corrected chi connectivity index (χ4v) is 4.98. The van der Waals surface area contributed by atoms with Crippen LogP contribution in [0.3, 0.4) is 0 Å². The van der Waals surface area contributed by atoms with E-state index in [-0.39, 0.29) is 5.78 Å². The number of benzene rings is 3. The summed E-state index contributed by atoms with van der Waals surface area (Å²) in [6, 6.07) is 18.1. The molecule has 0 N–H and O–H groups in total. The zero-order chi connectivity index (χ0) is 23.8. The van der Waals surface area contributed by atoms with Gasteiger partial charge in [-0.05, 0) is 72.1 Å². The second-order valence-electron chi connectivity index (χ2n) is 9.28. The molecule has 1 saturated heterocycles. The molecule has 0 spiro atoms. The molecule has 0 radical (unpaired) electrons. The van der Waals surface area contributed by atoms with Gasteiger partial charge < -0.3 is 4.74 Å². The lowest BCUT2D eigenvalue weighted by atomic mass is 9.93. The van der Waals surface area contributed by atoms with Crippen molar-refractivity contribution in [3.8, 4) is 11.1 Å². The van der Waals surface area contributed by atoms with Crippen LogP contribution in [0, 0.1) is 5.92 Å². The molecule has 4 rings (SSSR count). The summed E-state index contributed by atoms with van der Waals surface area (Å²) < 4.78 is 5.54. The van der Waals surface area contributed by atoms with Gasteiger partial charge in [-0.1, -0.05) is 73.5 Å². The van der Waals surface area contributed by atoms with Gasteiger partial charge in [-0.3, -0.25) is 9.59 Å². The first-order valence-corrected chi connectivity index (χ1v) is 12.6. The van der Waals surface area contributed by atoms with E-state index < -0.39 is 0 Å². The third kappa shape index (κ3) is 5.90. The van der Waals surface area contributed by atoms with Gasteiger partial charge in [0.15, 0.2) is 12.1 Å². The Hall–Kier alpha value is -3.04. The summed E-state index contributed by atoms with van der Waals surface area (Å²) in [7, 11) is 0. The van der Waals surface area contributed by atoms with E-state index >= 15 is 0 Å². The van der Waals surface area contributed by atoms with Crippen molar-refractivity contribution in [2.75, 3.05) is 13.2 Å². The molecule has 1 fully saturated rings. The number of carbonyl (C=O) groups is 2. The van der Waals surface area contributed by atoms with Gasteiger partial charge in [-0.2, -0.15) is 0 Å². The number of rotatable bonds is 9. The third-order valence-electron chi connectivity index (χ3n) is 6.94. The molecule has 1 atom stereocenters. The molecule has 3 heteroatoms. The topological polar surface area (TPSA) is 43.4 Å². The Morgan fingerprint density at radius 2 is 1.79 bits per heavy atom. The predicted octanol–water partition coefficient (Wildman–Crippen LogP) is 7.91. The second-order valence-corrected chi connectivity index (χ2v) is 9.28. The van der Waals surface area contributed by atoms with Crippen LogP contribution in [-0.4, -0.2) is 25.3 Å². The standard InChI is InChI=1S/C31H34O3/c1-2-6-25-12-15-28-21-27(16-17-29(28)30(25)22-32)24-10-13-26(14-11-24)31(33)9-4-3-7-23-8-5-19-34-20-18-23/h2,6,10-17,21-23H,3-5,7-9,18-20H2,1H3/b6-2+. The minimum absolute atomic E-state index is 0.224. The maximum absolute atomic E-state index is 12.7. The van der Waals surface area contributed by atoms with Gasteiger partial charge in [0.1, 0.15) is 0 Å². The highest BCUT2D eigenvalue weighted by Gasteiger charge is 2.13. The van der Waals surface area contributed by atoms with Crippen molar-refractivity contribution in [3.05, 3.63) is 77.4 Å². The normalized spacial score (nSPS) is 16.6. The average Bonchev–Trinajstić information content (AvgIpc) is 3.15. The van der Waals surface area contributed by atoms with E-state index in [1.807, 2.05) is 61.5 Å². The lowest BCUT2D eigenvalue weighted by Gasteiger charge is -2.12. The van der Waals surface area contributed by atoms with Crippen molar-refractivity contribution in [1.29, 1.82) is 0 Å². The molecule has 0 amide bonds. The first kappa shape index (κ1) is 24.1. The van der Waals surface area contributed by atoms with Crippen molar-refractivity contribution < 1.29 is 14.3 Å². The largest absolute Gasteiger partial charge is 0.381 e. The molecular weight excluding hydrogens is 420 g/mol. The summed E-state index contributed by atoms with van der Waals surface area (Å²) in [5.41, 5.74) is 4.58.